The molecule has 0 spiro atoms. The lowest BCUT2D eigenvalue weighted by Gasteiger charge is -2.18. The minimum Gasteiger partial charge on any atom is -0.438 e. The van der Waals surface area contributed by atoms with Crippen molar-refractivity contribution in [2.75, 3.05) is 0 Å². The molecule has 6 nitrogen and oxygen atoms in total. The summed E-state index contributed by atoms with van der Waals surface area (Å²) in [6, 6.07) is 13.6. The molecule has 0 radical (unpaired) electrons. The van der Waals surface area contributed by atoms with Gasteiger partial charge in [0.1, 0.15) is 0 Å². The normalized spacial score (nSPS) is 11.0. The van der Waals surface area contributed by atoms with Crippen molar-refractivity contribution in [3.05, 3.63) is 76.4 Å². The topological polar surface area (TPSA) is 89.3 Å². The van der Waals surface area contributed by atoms with Gasteiger partial charge in [0.15, 0.2) is 6.39 Å². The van der Waals surface area contributed by atoms with Gasteiger partial charge in [0.25, 0.3) is 5.91 Å². The fourth-order valence-electron chi connectivity index (χ4n) is 2.98. The maximum Gasteiger partial charge on any atom is 0.373 e. The molecular weight excluding hydrogens is 427 g/mol. The van der Waals surface area contributed by atoms with Crippen molar-refractivity contribution < 1.29 is 18.8 Å². The number of oxazole rings is 1. The summed E-state index contributed by atoms with van der Waals surface area (Å²) in [7, 11) is 0. The second-order valence-corrected chi connectivity index (χ2v) is 7.28. The van der Waals surface area contributed by atoms with E-state index in [4.69, 9.17) is 37.2 Å². The highest BCUT2D eigenvalue weighted by molar-refractivity contribution is 6.35. The first-order chi connectivity index (χ1) is 14.5. The summed E-state index contributed by atoms with van der Waals surface area (Å²) in [4.78, 5) is 32.3. The van der Waals surface area contributed by atoms with Crippen molar-refractivity contribution in [3.8, 4) is 11.1 Å². The summed E-state index contributed by atoms with van der Waals surface area (Å²) in [5.41, 5.74) is 3.04. The Bertz CT molecular complexity index is 983. The summed E-state index contributed by atoms with van der Waals surface area (Å²) in [6.07, 6.45) is 5.50. The molecule has 30 heavy (non-hydrogen) atoms. The van der Waals surface area contributed by atoms with Gasteiger partial charge in [-0.15, -0.1) is 0 Å². The van der Waals surface area contributed by atoms with Crippen molar-refractivity contribution >= 4 is 35.3 Å². The first kappa shape index (κ1) is 23.4. The van der Waals surface area contributed by atoms with Gasteiger partial charge in [0.2, 0.25) is 5.76 Å². The van der Waals surface area contributed by atoms with Crippen molar-refractivity contribution in [2.45, 2.75) is 32.2 Å². The van der Waals surface area contributed by atoms with Crippen LogP contribution in [0.2, 0.25) is 10.0 Å². The van der Waals surface area contributed by atoms with Crippen LogP contribution < -0.4 is 5.32 Å². The molecule has 0 saturated carbocycles. The highest BCUT2D eigenvalue weighted by Crippen LogP contribution is 2.30. The first-order valence-corrected chi connectivity index (χ1v) is 9.97. The Morgan fingerprint density at radius 2 is 1.87 bits per heavy atom. The highest BCUT2D eigenvalue weighted by Gasteiger charge is 2.16. The second kappa shape index (κ2) is 11.9. The van der Waals surface area contributed by atoms with E-state index in [1.54, 1.807) is 12.1 Å². The van der Waals surface area contributed by atoms with E-state index in [9.17, 15) is 4.79 Å². The van der Waals surface area contributed by atoms with Crippen LogP contribution in [0.1, 0.15) is 35.9 Å². The Hall–Kier alpha value is -2.92. The number of rotatable bonds is 7. The monoisotopic (exact) mass is 446 g/mol. The Balaban J connectivity index is 0.00000101. The number of carbonyl (C=O) groups excluding carboxylic acids is 3. The van der Waals surface area contributed by atoms with Gasteiger partial charge in [0.05, 0.1) is 6.20 Å². The van der Waals surface area contributed by atoms with Crippen LogP contribution >= 0.6 is 23.2 Å². The zero-order valence-corrected chi connectivity index (χ0v) is 17.7. The molecule has 0 fully saturated rings. The number of hydrogen-bond donors (Lipinski definition) is 1. The lowest BCUT2D eigenvalue weighted by atomic mass is 9.98. The third-order valence-corrected chi connectivity index (χ3v) is 4.87. The minimum atomic E-state index is -0.242. The van der Waals surface area contributed by atoms with Crippen LogP contribution in [0, 0.1) is 0 Å². The fourth-order valence-corrected chi connectivity index (χ4v) is 3.38. The number of aromatic nitrogens is 1. The lowest BCUT2D eigenvalue weighted by molar-refractivity contribution is -0.191. The molecule has 3 rings (SSSR count). The van der Waals surface area contributed by atoms with Crippen LogP contribution in [0.25, 0.3) is 11.1 Å². The summed E-state index contributed by atoms with van der Waals surface area (Å²) in [5.74, 6) is -0.0182. The van der Waals surface area contributed by atoms with Crippen LogP contribution in [0.3, 0.4) is 0 Å². The number of carbonyl (C=O) groups is 1. The van der Waals surface area contributed by atoms with Crippen molar-refractivity contribution in [3.63, 3.8) is 0 Å². The maximum atomic E-state index is 12.2. The third-order valence-electron chi connectivity index (χ3n) is 4.30. The Morgan fingerprint density at radius 1 is 1.17 bits per heavy atom. The molecule has 1 N–H and O–H groups in total. The van der Waals surface area contributed by atoms with E-state index in [-0.39, 0.29) is 23.9 Å². The van der Waals surface area contributed by atoms with Gasteiger partial charge in [-0.1, -0.05) is 60.8 Å². The number of amides is 1. The summed E-state index contributed by atoms with van der Waals surface area (Å²) in [5, 5.41) is 4.33. The van der Waals surface area contributed by atoms with Crippen LogP contribution in [0.4, 0.5) is 0 Å². The zero-order chi connectivity index (χ0) is 21.9. The van der Waals surface area contributed by atoms with Crippen molar-refractivity contribution in [2.24, 2.45) is 0 Å². The molecule has 1 aromatic heterocycles. The second-order valence-electron chi connectivity index (χ2n) is 6.43. The van der Waals surface area contributed by atoms with Crippen molar-refractivity contribution in [1.82, 2.24) is 10.3 Å². The van der Waals surface area contributed by atoms with Gasteiger partial charge in [-0.3, -0.25) is 4.79 Å². The van der Waals surface area contributed by atoms with Crippen molar-refractivity contribution in [1.29, 1.82) is 0 Å². The van der Waals surface area contributed by atoms with Crippen LogP contribution in [-0.4, -0.2) is 23.1 Å². The van der Waals surface area contributed by atoms with Gasteiger partial charge in [-0.25, -0.2) is 4.98 Å². The van der Waals surface area contributed by atoms with E-state index >= 15 is 0 Å². The van der Waals surface area contributed by atoms with E-state index in [0.29, 0.717) is 10.0 Å². The number of benzene rings is 2. The SMILES string of the molecule is CCC[C@@H](Cc1ccc(-c2cc(Cl)ccc2Cl)cc1)NC(=O)c1cnco1.O=C=O. The zero-order valence-electron chi connectivity index (χ0n) is 16.2. The highest BCUT2D eigenvalue weighted by atomic mass is 35.5. The number of nitrogens with zero attached hydrogens (tertiary/aromatic N) is 1. The molecule has 0 aliphatic rings. The quantitative estimate of drug-likeness (QED) is 0.537. The van der Waals surface area contributed by atoms with Crippen LogP contribution in [-0.2, 0) is 16.0 Å². The van der Waals surface area contributed by atoms with E-state index < -0.39 is 0 Å². The van der Waals surface area contributed by atoms with Gasteiger partial charge in [0, 0.05) is 21.7 Å². The molecule has 156 valence electrons. The van der Waals surface area contributed by atoms with E-state index in [2.05, 4.69) is 29.4 Å². The molecule has 0 aliphatic heterocycles. The van der Waals surface area contributed by atoms with Crippen LogP contribution in [0.15, 0.2) is 59.5 Å². The number of halogens is 2. The number of nitrogens with one attached hydrogen (secondary N) is 1. The van der Waals surface area contributed by atoms with E-state index in [1.165, 1.54) is 12.6 Å². The summed E-state index contributed by atoms with van der Waals surface area (Å²) in [6.45, 7) is 2.10. The predicted octanol–water partition coefficient (Wildman–Crippen LogP) is 5.21. The number of hydrogen-bond acceptors (Lipinski definition) is 5. The molecule has 1 amide bonds. The molecule has 0 bridgehead atoms. The standard InChI is InChI=1S/C21H20Cl2N2O2.CO2/c1-2-3-17(25-21(26)20-12-24-13-27-20)10-14-4-6-15(7-5-14)18-11-16(22)8-9-19(18)23;2-1-3/h4-9,11-13,17H,2-3,10H2,1H3,(H,25,26);/t17-;/m0./s1. The predicted molar refractivity (Wildman–Crippen MR) is 113 cm³/mol. The van der Waals surface area contributed by atoms with Gasteiger partial charge < -0.3 is 9.73 Å². The molecule has 2 aromatic carbocycles. The summed E-state index contributed by atoms with van der Waals surface area (Å²) >= 11 is 12.4. The molecule has 1 atom stereocenters. The average Bonchev–Trinajstić information content (AvgIpc) is 3.26. The first-order valence-electron chi connectivity index (χ1n) is 9.21. The van der Waals surface area contributed by atoms with E-state index in [1.807, 2.05) is 18.2 Å². The van der Waals surface area contributed by atoms with Gasteiger partial charge >= 0.3 is 6.15 Å². The van der Waals surface area contributed by atoms with Gasteiger partial charge in [-0.05, 0) is 42.2 Å². The molecule has 3 aromatic rings. The molecule has 0 saturated heterocycles. The average molecular weight is 447 g/mol. The molecule has 0 aliphatic carbocycles. The molecule has 0 unspecified atom stereocenters. The maximum absolute atomic E-state index is 12.2. The van der Waals surface area contributed by atoms with E-state index in [0.717, 1.165) is 36.0 Å². The third kappa shape index (κ3) is 6.85. The molecule has 1 heterocycles. The van der Waals surface area contributed by atoms with Crippen LogP contribution in [0.5, 0.6) is 0 Å². The molecular formula is C22H20Cl2N2O4. The minimum absolute atomic E-state index is 0.0215. The Labute approximate surface area is 184 Å². The fraction of sp³-hybridized carbons (Fsp3) is 0.227. The largest absolute Gasteiger partial charge is 0.438 e. The Kier molecular flexibility index (Phi) is 9.29. The Morgan fingerprint density at radius 3 is 2.47 bits per heavy atom. The summed E-state index contributed by atoms with van der Waals surface area (Å²) < 4.78 is 5.06. The smallest absolute Gasteiger partial charge is 0.373 e. The molecule has 8 heteroatoms. The lowest BCUT2D eigenvalue weighted by Crippen LogP contribution is -2.36. The van der Waals surface area contributed by atoms with Gasteiger partial charge in [-0.2, -0.15) is 9.59 Å².